The molecule has 0 bridgehead atoms. The van der Waals surface area contributed by atoms with Gasteiger partial charge in [0.1, 0.15) is 11.9 Å². The molecule has 1 atom stereocenters. The molecule has 1 N–H and O–H groups in total. The van der Waals surface area contributed by atoms with Crippen LogP contribution < -0.4 is 0 Å². The van der Waals surface area contributed by atoms with Crippen LogP contribution in [0.1, 0.15) is 65.2 Å². The van der Waals surface area contributed by atoms with Gasteiger partial charge in [-0.25, -0.2) is 0 Å². The van der Waals surface area contributed by atoms with Gasteiger partial charge in [-0.1, -0.05) is 52.0 Å². The second-order valence-electron chi connectivity index (χ2n) is 6.95. The lowest BCUT2D eigenvalue weighted by molar-refractivity contribution is 0.123. The molecule has 0 fully saturated rings. The second kappa shape index (κ2) is 7.21. The average Bonchev–Trinajstić information content (AvgIpc) is 3.26. The van der Waals surface area contributed by atoms with E-state index in [1.165, 1.54) is 0 Å². The third-order valence-corrected chi connectivity index (χ3v) is 5.87. The Bertz CT molecular complexity index is 684. The largest absolute Gasteiger partial charge is 0.467 e. The summed E-state index contributed by atoms with van der Waals surface area (Å²) in [6.45, 7) is 9.08. The van der Waals surface area contributed by atoms with Crippen molar-refractivity contribution in [3.8, 4) is 0 Å². The van der Waals surface area contributed by atoms with Crippen LogP contribution in [0.3, 0.4) is 0 Å². The van der Waals surface area contributed by atoms with Gasteiger partial charge in [-0.05, 0) is 60.1 Å². The molecule has 1 aromatic rings. The van der Waals surface area contributed by atoms with E-state index in [4.69, 9.17) is 4.42 Å². The summed E-state index contributed by atoms with van der Waals surface area (Å²) < 4.78 is 5.38. The van der Waals surface area contributed by atoms with E-state index in [-0.39, 0.29) is 11.3 Å². The highest BCUT2D eigenvalue weighted by atomic mass is 16.4. The predicted molar refractivity (Wildman–Crippen MR) is 103 cm³/mol. The molecule has 1 heterocycles. The molecule has 0 saturated carbocycles. The van der Waals surface area contributed by atoms with Gasteiger partial charge in [-0.3, -0.25) is 0 Å². The van der Waals surface area contributed by atoms with Gasteiger partial charge in [0, 0.05) is 11.3 Å². The summed E-state index contributed by atoms with van der Waals surface area (Å²) in [5.74, 6) is 0.589. The van der Waals surface area contributed by atoms with E-state index in [1.54, 1.807) is 28.6 Å². The smallest absolute Gasteiger partial charge is 0.133 e. The third-order valence-electron chi connectivity index (χ3n) is 5.87. The fraction of sp³-hybridized carbons (Fsp3) is 0.478. The lowest BCUT2D eigenvalue weighted by Crippen LogP contribution is -2.23. The number of hydrogen-bond donors (Lipinski definition) is 1. The minimum absolute atomic E-state index is 0.0382. The minimum atomic E-state index is -0.624. The van der Waals surface area contributed by atoms with Crippen molar-refractivity contribution in [1.29, 1.82) is 0 Å². The number of hydrogen-bond acceptors (Lipinski definition) is 2. The maximum Gasteiger partial charge on any atom is 0.133 e. The number of furan rings is 1. The van der Waals surface area contributed by atoms with Gasteiger partial charge >= 0.3 is 0 Å². The Labute approximate surface area is 151 Å². The van der Waals surface area contributed by atoms with Crippen molar-refractivity contribution in [1.82, 2.24) is 0 Å². The van der Waals surface area contributed by atoms with Crippen LogP contribution in [0.5, 0.6) is 0 Å². The highest BCUT2D eigenvalue weighted by molar-refractivity contribution is 5.60. The molecular weight excluding hydrogens is 308 g/mol. The zero-order chi connectivity index (χ0) is 18.0. The van der Waals surface area contributed by atoms with Crippen LogP contribution in [0.25, 0.3) is 0 Å². The summed E-state index contributed by atoms with van der Waals surface area (Å²) in [6, 6.07) is 3.66. The summed E-state index contributed by atoms with van der Waals surface area (Å²) in [7, 11) is 0. The molecule has 1 unspecified atom stereocenters. The number of rotatable bonds is 6. The van der Waals surface area contributed by atoms with Crippen LogP contribution in [0, 0.1) is 11.3 Å². The SMILES string of the molecule is CCC1=C(CC)C2(C=CC(C(O)c3ccco3)C=C2)C(CC)=C1CC. The molecule has 3 rings (SSSR count). The molecule has 2 aliphatic carbocycles. The molecule has 134 valence electrons. The Morgan fingerprint density at radius 2 is 1.52 bits per heavy atom. The van der Waals surface area contributed by atoms with Crippen molar-refractivity contribution in [2.75, 3.05) is 0 Å². The molecule has 1 spiro atoms. The number of allylic oxidation sites excluding steroid dienone is 6. The first kappa shape index (κ1) is 18.0. The van der Waals surface area contributed by atoms with Gasteiger partial charge in [-0.15, -0.1) is 0 Å². The molecule has 25 heavy (non-hydrogen) atoms. The Balaban J connectivity index is 1.99. The molecular formula is C23H30O2. The second-order valence-corrected chi connectivity index (χ2v) is 6.95. The minimum Gasteiger partial charge on any atom is -0.467 e. The Hall–Kier alpha value is -1.80. The summed E-state index contributed by atoms with van der Waals surface area (Å²) in [6.07, 6.45) is 14.3. The topological polar surface area (TPSA) is 33.4 Å². The van der Waals surface area contributed by atoms with Crippen molar-refractivity contribution in [3.05, 3.63) is 70.8 Å². The summed E-state index contributed by atoms with van der Waals surface area (Å²) >= 11 is 0. The van der Waals surface area contributed by atoms with Gasteiger partial charge in [-0.2, -0.15) is 0 Å². The molecule has 1 aromatic heterocycles. The van der Waals surface area contributed by atoms with Gasteiger partial charge < -0.3 is 9.52 Å². The highest BCUT2D eigenvalue weighted by Crippen LogP contribution is 2.55. The van der Waals surface area contributed by atoms with E-state index in [1.807, 2.05) is 12.1 Å². The van der Waals surface area contributed by atoms with Crippen LogP contribution in [0.2, 0.25) is 0 Å². The fourth-order valence-electron chi connectivity index (χ4n) is 4.82. The van der Waals surface area contributed by atoms with Gasteiger partial charge in [0.2, 0.25) is 0 Å². The van der Waals surface area contributed by atoms with E-state index in [0.717, 1.165) is 25.7 Å². The zero-order valence-corrected chi connectivity index (χ0v) is 15.9. The number of aliphatic hydroxyl groups excluding tert-OH is 1. The molecule has 0 saturated heterocycles. The zero-order valence-electron chi connectivity index (χ0n) is 15.9. The van der Waals surface area contributed by atoms with E-state index in [9.17, 15) is 5.11 Å². The normalized spacial score (nSPS) is 21.0. The first-order valence-electron chi connectivity index (χ1n) is 9.68. The van der Waals surface area contributed by atoms with Crippen molar-refractivity contribution < 1.29 is 9.52 Å². The van der Waals surface area contributed by atoms with Crippen LogP contribution in [-0.4, -0.2) is 5.11 Å². The summed E-state index contributed by atoms with van der Waals surface area (Å²) in [4.78, 5) is 0. The quantitative estimate of drug-likeness (QED) is 0.618. The lowest BCUT2D eigenvalue weighted by atomic mass is 9.70. The summed E-state index contributed by atoms with van der Waals surface area (Å²) in [5.41, 5.74) is 6.13. The molecule has 0 amide bonds. The Morgan fingerprint density at radius 1 is 0.960 bits per heavy atom. The van der Waals surface area contributed by atoms with E-state index in [2.05, 4.69) is 52.0 Å². The monoisotopic (exact) mass is 338 g/mol. The van der Waals surface area contributed by atoms with Crippen molar-refractivity contribution in [2.45, 2.75) is 59.5 Å². The Kier molecular flexibility index (Phi) is 5.19. The molecule has 0 aliphatic heterocycles. The van der Waals surface area contributed by atoms with Crippen molar-refractivity contribution in [2.24, 2.45) is 11.3 Å². The third kappa shape index (κ3) is 2.77. The fourth-order valence-corrected chi connectivity index (χ4v) is 4.82. The predicted octanol–water partition coefficient (Wildman–Crippen LogP) is 6.29. The molecule has 0 aromatic carbocycles. The van der Waals surface area contributed by atoms with Crippen molar-refractivity contribution >= 4 is 0 Å². The first-order valence-corrected chi connectivity index (χ1v) is 9.68. The number of aliphatic hydroxyl groups is 1. The Morgan fingerprint density at radius 3 is 1.92 bits per heavy atom. The van der Waals surface area contributed by atoms with Crippen LogP contribution in [0.15, 0.2) is 69.4 Å². The van der Waals surface area contributed by atoms with E-state index >= 15 is 0 Å². The maximum atomic E-state index is 10.6. The highest BCUT2D eigenvalue weighted by Gasteiger charge is 2.42. The van der Waals surface area contributed by atoms with Gasteiger partial charge in [0.15, 0.2) is 0 Å². The standard InChI is InChI=1S/C23H30O2/c1-5-17-18(6-2)20(8-4)23(19(17)7-3)13-11-16(12-14-23)22(24)21-10-9-15-25-21/h9-16,22,24H,5-8H2,1-4H3. The van der Waals surface area contributed by atoms with Crippen LogP contribution >= 0.6 is 0 Å². The molecule has 0 radical (unpaired) electrons. The average molecular weight is 338 g/mol. The molecule has 2 heteroatoms. The van der Waals surface area contributed by atoms with Crippen molar-refractivity contribution in [3.63, 3.8) is 0 Å². The molecule has 2 aliphatic rings. The van der Waals surface area contributed by atoms with Gasteiger partial charge in [0.25, 0.3) is 0 Å². The lowest BCUT2D eigenvalue weighted by Gasteiger charge is -2.34. The van der Waals surface area contributed by atoms with Crippen LogP contribution in [0.4, 0.5) is 0 Å². The maximum absolute atomic E-state index is 10.6. The van der Waals surface area contributed by atoms with Crippen LogP contribution in [-0.2, 0) is 0 Å². The molecule has 2 nitrogen and oxygen atoms in total. The van der Waals surface area contributed by atoms with Gasteiger partial charge in [0.05, 0.1) is 6.26 Å². The first-order chi connectivity index (χ1) is 12.1. The van der Waals surface area contributed by atoms with E-state index < -0.39 is 6.10 Å². The van der Waals surface area contributed by atoms with E-state index in [0.29, 0.717) is 5.76 Å². The summed E-state index contributed by atoms with van der Waals surface area (Å²) in [5, 5.41) is 10.6.